The van der Waals surface area contributed by atoms with Gasteiger partial charge in [-0.2, -0.15) is 0 Å². The van der Waals surface area contributed by atoms with Crippen molar-refractivity contribution in [2.45, 2.75) is 58.4 Å². The van der Waals surface area contributed by atoms with Crippen LogP contribution in [0.5, 0.6) is 0 Å². The molecule has 1 aliphatic carbocycles. The van der Waals surface area contributed by atoms with E-state index >= 15 is 0 Å². The van der Waals surface area contributed by atoms with Gasteiger partial charge in [0.2, 0.25) is 0 Å². The van der Waals surface area contributed by atoms with Gasteiger partial charge in [-0.15, -0.1) is 0 Å². The highest BCUT2D eigenvalue weighted by Gasteiger charge is 2.35. The topological polar surface area (TPSA) is 62.1 Å². The molecule has 0 aliphatic heterocycles. The molecule has 0 bridgehead atoms. The summed E-state index contributed by atoms with van der Waals surface area (Å²) in [5, 5.41) is 10.7. The Morgan fingerprint density at radius 2 is 1.38 bits per heavy atom. The standard InChI is InChI=1S/C17H38N4/c1-17(2,3)21-11-7-6-10-20-14-16-12-15(16)13-19-9-5-4-8-18/h15-16,19-21H,4-14,18H2,1-3H3. The molecule has 0 spiro atoms. The van der Waals surface area contributed by atoms with E-state index in [1.807, 2.05) is 0 Å². The van der Waals surface area contributed by atoms with E-state index in [-0.39, 0.29) is 5.54 Å². The van der Waals surface area contributed by atoms with Gasteiger partial charge in [-0.3, -0.25) is 0 Å². The van der Waals surface area contributed by atoms with Crippen LogP contribution in [0.25, 0.3) is 0 Å². The van der Waals surface area contributed by atoms with Gasteiger partial charge >= 0.3 is 0 Å². The lowest BCUT2D eigenvalue weighted by atomic mass is 10.1. The van der Waals surface area contributed by atoms with Crippen LogP contribution >= 0.6 is 0 Å². The predicted molar refractivity (Wildman–Crippen MR) is 92.6 cm³/mol. The Bertz CT molecular complexity index is 250. The zero-order chi connectivity index (χ0) is 15.6. The van der Waals surface area contributed by atoms with Crippen molar-refractivity contribution < 1.29 is 0 Å². The summed E-state index contributed by atoms with van der Waals surface area (Å²) >= 11 is 0. The second-order valence-corrected chi connectivity index (χ2v) is 7.54. The fourth-order valence-corrected chi connectivity index (χ4v) is 2.62. The molecule has 1 fully saturated rings. The molecule has 0 aromatic rings. The Labute approximate surface area is 132 Å². The van der Waals surface area contributed by atoms with Crippen molar-refractivity contribution in [1.82, 2.24) is 16.0 Å². The molecule has 0 aromatic carbocycles. The minimum Gasteiger partial charge on any atom is -0.330 e. The second kappa shape index (κ2) is 10.5. The van der Waals surface area contributed by atoms with Crippen LogP contribution < -0.4 is 21.7 Å². The van der Waals surface area contributed by atoms with Crippen molar-refractivity contribution in [3.8, 4) is 0 Å². The SMILES string of the molecule is CC(C)(C)NCCCCNCC1CC1CNCCCCN. The minimum atomic E-state index is 0.256. The fraction of sp³-hybridized carbons (Fsp3) is 1.00. The molecule has 0 amide bonds. The summed E-state index contributed by atoms with van der Waals surface area (Å²) in [5.41, 5.74) is 5.74. The normalized spacial score (nSPS) is 21.7. The zero-order valence-corrected chi connectivity index (χ0v) is 14.5. The zero-order valence-electron chi connectivity index (χ0n) is 14.5. The lowest BCUT2D eigenvalue weighted by Crippen LogP contribution is -2.36. The number of hydrogen-bond acceptors (Lipinski definition) is 4. The highest BCUT2D eigenvalue weighted by Crippen LogP contribution is 2.36. The molecule has 0 heterocycles. The first-order valence-electron chi connectivity index (χ1n) is 8.89. The third-order valence-electron chi connectivity index (χ3n) is 4.13. The lowest BCUT2D eigenvalue weighted by Gasteiger charge is -2.20. The molecule has 2 unspecified atom stereocenters. The van der Waals surface area contributed by atoms with Crippen LogP contribution in [0.15, 0.2) is 0 Å². The maximum atomic E-state index is 5.48. The first kappa shape index (κ1) is 18.9. The van der Waals surface area contributed by atoms with E-state index in [2.05, 4.69) is 36.7 Å². The van der Waals surface area contributed by atoms with E-state index in [0.717, 1.165) is 37.9 Å². The first-order valence-corrected chi connectivity index (χ1v) is 8.89. The molecule has 4 nitrogen and oxygen atoms in total. The van der Waals surface area contributed by atoms with Crippen LogP contribution in [0.3, 0.4) is 0 Å². The third-order valence-corrected chi connectivity index (χ3v) is 4.13. The van der Waals surface area contributed by atoms with Gasteiger partial charge in [0.1, 0.15) is 0 Å². The maximum absolute atomic E-state index is 5.48. The quantitative estimate of drug-likeness (QED) is 0.391. The third kappa shape index (κ3) is 11.1. The van der Waals surface area contributed by atoms with Crippen molar-refractivity contribution in [1.29, 1.82) is 0 Å². The summed E-state index contributed by atoms with van der Waals surface area (Å²) < 4.78 is 0. The van der Waals surface area contributed by atoms with Crippen LogP contribution in [-0.2, 0) is 0 Å². The number of hydrogen-bond donors (Lipinski definition) is 4. The highest BCUT2D eigenvalue weighted by atomic mass is 14.9. The fourth-order valence-electron chi connectivity index (χ4n) is 2.62. The number of nitrogens with one attached hydrogen (secondary N) is 3. The van der Waals surface area contributed by atoms with Crippen LogP contribution in [-0.4, -0.2) is 44.8 Å². The van der Waals surface area contributed by atoms with Gasteiger partial charge in [0.15, 0.2) is 0 Å². The Morgan fingerprint density at radius 1 is 0.857 bits per heavy atom. The van der Waals surface area contributed by atoms with E-state index in [4.69, 9.17) is 5.73 Å². The van der Waals surface area contributed by atoms with Gasteiger partial charge in [0, 0.05) is 5.54 Å². The van der Waals surface area contributed by atoms with Gasteiger partial charge in [-0.1, -0.05) is 0 Å². The Balaban J connectivity index is 1.79. The molecule has 1 aliphatic rings. The van der Waals surface area contributed by atoms with Crippen molar-refractivity contribution in [2.24, 2.45) is 17.6 Å². The number of unbranched alkanes of at least 4 members (excludes halogenated alkanes) is 2. The average molecular weight is 299 g/mol. The summed E-state index contributed by atoms with van der Waals surface area (Å²) in [5.74, 6) is 1.83. The molecule has 2 atom stereocenters. The van der Waals surface area contributed by atoms with Crippen LogP contribution in [0.2, 0.25) is 0 Å². The summed E-state index contributed by atoms with van der Waals surface area (Å²) in [7, 11) is 0. The molecule has 1 saturated carbocycles. The van der Waals surface area contributed by atoms with Gasteiger partial charge in [-0.05, 0) is 104 Å². The van der Waals surface area contributed by atoms with E-state index in [1.54, 1.807) is 0 Å². The van der Waals surface area contributed by atoms with Gasteiger partial charge in [0.05, 0.1) is 0 Å². The van der Waals surface area contributed by atoms with E-state index < -0.39 is 0 Å². The second-order valence-electron chi connectivity index (χ2n) is 7.54. The first-order chi connectivity index (χ1) is 10.0. The Morgan fingerprint density at radius 3 is 1.90 bits per heavy atom. The molecular formula is C17H38N4. The smallest absolute Gasteiger partial charge is 0.00965 e. The van der Waals surface area contributed by atoms with Crippen molar-refractivity contribution in [3.63, 3.8) is 0 Å². The van der Waals surface area contributed by atoms with Crippen LogP contribution in [0.1, 0.15) is 52.9 Å². The molecule has 5 N–H and O–H groups in total. The molecule has 21 heavy (non-hydrogen) atoms. The monoisotopic (exact) mass is 298 g/mol. The number of rotatable bonds is 13. The predicted octanol–water partition coefficient (Wildman–Crippen LogP) is 1.71. The molecule has 0 saturated heterocycles. The van der Waals surface area contributed by atoms with E-state index in [0.29, 0.717) is 0 Å². The summed E-state index contributed by atoms with van der Waals surface area (Å²) in [4.78, 5) is 0. The molecule has 0 aromatic heterocycles. The molecule has 126 valence electrons. The van der Waals surface area contributed by atoms with Gasteiger partial charge in [0.25, 0.3) is 0 Å². The van der Waals surface area contributed by atoms with Crippen molar-refractivity contribution >= 4 is 0 Å². The Kier molecular flexibility index (Phi) is 9.49. The summed E-state index contributed by atoms with van der Waals surface area (Å²) in [6.45, 7) is 13.3. The van der Waals surface area contributed by atoms with E-state index in [1.165, 1.54) is 45.3 Å². The molecular weight excluding hydrogens is 260 g/mol. The van der Waals surface area contributed by atoms with Crippen molar-refractivity contribution in [3.05, 3.63) is 0 Å². The molecule has 1 rings (SSSR count). The Hall–Kier alpha value is -0.160. The van der Waals surface area contributed by atoms with Crippen molar-refractivity contribution in [2.75, 3.05) is 39.3 Å². The largest absolute Gasteiger partial charge is 0.330 e. The van der Waals surface area contributed by atoms with E-state index in [9.17, 15) is 0 Å². The highest BCUT2D eigenvalue weighted by molar-refractivity contribution is 4.89. The average Bonchev–Trinajstić information content (AvgIpc) is 3.15. The number of nitrogens with two attached hydrogens (primary N) is 1. The van der Waals surface area contributed by atoms with Gasteiger partial charge < -0.3 is 21.7 Å². The summed E-state index contributed by atoms with van der Waals surface area (Å²) in [6.07, 6.45) is 6.31. The lowest BCUT2D eigenvalue weighted by molar-refractivity contribution is 0.416. The maximum Gasteiger partial charge on any atom is 0.00965 e. The van der Waals surface area contributed by atoms with Crippen LogP contribution in [0.4, 0.5) is 0 Å². The summed E-state index contributed by atoms with van der Waals surface area (Å²) in [6, 6.07) is 0. The van der Waals surface area contributed by atoms with Gasteiger partial charge in [-0.25, -0.2) is 0 Å². The van der Waals surface area contributed by atoms with Crippen LogP contribution in [0, 0.1) is 11.8 Å². The molecule has 4 heteroatoms. The molecule has 0 radical (unpaired) electrons. The minimum absolute atomic E-state index is 0.256.